The van der Waals surface area contributed by atoms with Crippen molar-refractivity contribution in [2.24, 2.45) is 5.73 Å². The molecular weight excluding hydrogens is 289 g/mol. The zero-order valence-electron chi connectivity index (χ0n) is 12.3. The molecule has 3 N–H and O–H groups in total. The maximum atomic E-state index is 14.2. The molecule has 2 fully saturated rings. The third kappa shape index (κ3) is 2.76. The molecule has 0 bridgehead atoms. The number of benzene rings is 1. The molecule has 1 aromatic rings. The molecule has 7 heteroatoms. The average molecular weight is 307 g/mol. The van der Waals surface area contributed by atoms with Crippen LogP contribution < -0.4 is 16.0 Å². The molecule has 2 aliphatic rings. The topological polar surface area (TPSA) is 84.7 Å². The van der Waals surface area contributed by atoms with Gasteiger partial charge in [0, 0.05) is 18.0 Å². The number of hydrogen-bond acceptors (Lipinski definition) is 4. The van der Waals surface area contributed by atoms with Crippen molar-refractivity contribution in [2.45, 2.75) is 31.4 Å². The molecule has 1 heterocycles. The van der Waals surface area contributed by atoms with E-state index in [1.54, 1.807) is 12.1 Å². The fraction of sp³-hybridized carbons (Fsp3) is 0.467. The Balaban J connectivity index is 1.73. The van der Waals surface area contributed by atoms with Gasteiger partial charge in [-0.15, -0.1) is 0 Å². The van der Waals surface area contributed by atoms with Crippen LogP contribution in [0.25, 0.3) is 0 Å². The third-order valence-corrected chi connectivity index (χ3v) is 4.04. The summed E-state index contributed by atoms with van der Waals surface area (Å²) in [6, 6.07) is 4.61. The van der Waals surface area contributed by atoms with E-state index in [-0.39, 0.29) is 19.0 Å². The number of hydrogen-bond donors (Lipinski definition) is 2. The second kappa shape index (κ2) is 5.24. The fourth-order valence-corrected chi connectivity index (χ4v) is 2.58. The van der Waals surface area contributed by atoms with Crippen molar-refractivity contribution in [3.8, 4) is 0 Å². The number of rotatable bonds is 4. The van der Waals surface area contributed by atoms with Gasteiger partial charge in [-0.1, -0.05) is 6.07 Å². The second-order valence-electron chi connectivity index (χ2n) is 5.87. The first-order chi connectivity index (χ1) is 10.4. The van der Waals surface area contributed by atoms with Gasteiger partial charge in [0.05, 0.1) is 18.8 Å². The summed E-state index contributed by atoms with van der Waals surface area (Å²) < 4.78 is 19.4. The Labute approximate surface area is 127 Å². The summed E-state index contributed by atoms with van der Waals surface area (Å²) in [5.74, 6) is -0.599. The van der Waals surface area contributed by atoms with E-state index in [0.29, 0.717) is 11.3 Å². The largest absolute Gasteiger partial charge is 0.442 e. The monoisotopic (exact) mass is 307 g/mol. The molecule has 1 atom stereocenters. The predicted octanol–water partition coefficient (Wildman–Crippen LogP) is 1.23. The number of nitrogens with one attached hydrogen (secondary N) is 1. The van der Waals surface area contributed by atoms with Crippen molar-refractivity contribution < 1.29 is 18.7 Å². The molecule has 0 unspecified atom stereocenters. The van der Waals surface area contributed by atoms with Gasteiger partial charge in [0.15, 0.2) is 0 Å². The third-order valence-electron chi connectivity index (χ3n) is 4.04. The minimum atomic E-state index is -0.553. The highest BCUT2D eigenvalue weighted by atomic mass is 19.1. The normalized spacial score (nSPS) is 22.4. The van der Waals surface area contributed by atoms with Crippen molar-refractivity contribution in [3.05, 3.63) is 29.6 Å². The Morgan fingerprint density at radius 3 is 2.86 bits per heavy atom. The minimum Gasteiger partial charge on any atom is -0.442 e. The number of nitrogens with two attached hydrogens (primary N) is 1. The van der Waals surface area contributed by atoms with Gasteiger partial charge < -0.3 is 15.8 Å². The lowest BCUT2D eigenvalue weighted by atomic mass is 10.0. The van der Waals surface area contributed by atoms with E-state index in [4.69, 9.17) is 10.5 Å². The highest BCUT2D eigenvalue weighted by Crippen LogP contribution is 2.44. The van der Waals surface area contributed by atoms with Crippen LogP contribution in [0.1, 0.15) is 25.3 Å². The number of amides is 2. The standard InChI is InChI=1S/C15H18FN3O3/c1-9(20)18-7-11-8-19(14(21)22-11)10-2-3-12(13(16)6-10)15(17)4-5-15/h2-3,6,11H,4-5,7-8,17H2,1H3,(H,18,20)/t11-/m0/s1. The lowest BCUT2D eigenvalue weighted by Crippen LogP contribution is -2.33. The zero-order chi connectivity index (χ0) is 15.9. The van der Waals surface area contributed by atoms with Crippen molar-refractivity contribution in [2.75, 3.05) is 18.0 Å². The summed E-state index contributed by atoms with van der Waals surface area (Å²) in [5, 5.41) is 2.60. The molecule has 1 saturated carbocycles. The minimum absolute atomic E-state index is 0.192. The molecular formula is C15H18FN3O3. The molecule has 1 aliphatic carbocycles. The maximum absolute atomic E-state index is 14.2. The van der Waals surface area contributed by atoms with Crippen LogP contribution in [0.4, 0.5) is 14.9 Å². The average Bonchev–Trinajstić information content (AvgIpc) is 3.08. The molecule has 1 aliphatic heterocycles. The number of anilines is 1. The molecule has 118 valence electrons. The molecule has 22 heavy (non-hydrogen) atoms. The van der Waals surface area contributed by atoms with Crippen LogP contribution in [0.15, 0.2) is 18.2 Å². The van der Waals surface area contributed by atoms with Crippen LogP contribution in [-0.2, 0) is 15.1 Å². The summed E-state index contributed by atoms with van der Waals surface area (Å²) in [6.07, 6.45) is 0.557. The summed E-state index contributed by atoms with van der Waals surface area (Å²) in [6.45, 7) is 1.90. The van der Waals surface area contributed by atoms with E-state index in [1.807, 2.05) is 0 Å². The zero-order valence-corrected chi connectivity index (χ0v) is 12.3. The van der Waals surface area contributed by atoms with E-state index in [9.17, 15) is 14.0 Å². The van der Waals surface area contributed by atoms with Gasteiger partial charge in [0.25, 0.3) is 0 Å². The predicted molar refractivity (Wildman–Crippen MR) is 77.8 cm³/mol. The van der Waals surface area contributed by atoms with Crippen LogP contribution in [0, 0.1) is 5.82 Å². The Kier molecular flexibility index (Phi) is 3.52. The van der Waals surface area contributed by atoms with Crippen molar-refractivity contribution in [1.29, 1.82) is 0 Å². The number of cyclic esters (lactones) is 1. The summed E-state index contributed by atoms with van der Waals surface area (Å²) in [4.78, 5) is 24.1. The van der Waals surface area contributed by atoms with Gasteiger partial charge in [0.1, 0.15) is 11.9 Å². The number of ether oxygens (including phenoxy) is 1. The Morgan fingerprint density at radius 1 is 1.55 bits per heavy atom. The van der Waals surface area contributed by atoms with Crippen molar-refractivity contribution in [1.82, 2.24) is 5.32 Å². The Hall–Kier alpha value is -2.15. The van der Waals surface area contributed by atoms with Gasteiger partial charge >= 0.3 is 6.09 Å². The van der Waals surface area contributed by atoms with Crippen LogP contribution in [0.5, 0.6) is 0 Å². The molecule has 6 nitrogen and oxygen atoms in total. The quantitative estimate of drug-likeness (QED) is 0.876. The molecule has 0 spiro atoms. The SMILES string of the molecule is CC(=O)NC[C@H]1CN(c2ccc(C3(N)CC3)c(F)c2)C(=O)O1. The van der Waals surface area contributed by atoms with Crippen LogP contribution >= 0.6 is 0 Å². The number of nitrogens with zero attached hydrogens (tertiary/aromatic N) is 1. The first-order valence-electron chi connectivity index (χ1n) is 7.20. The van der Waals surface area contributed by atoms with E-state index in [0.717, 1.165) is 12.8 Å². The summed E-state index contributed by atoms with van der Waals surface area (Å²) in [7, 11) is 0. The molecule has 0 radical (unpaired) electrons. The fourth-order valence-electron chi connectivity index (χ4n) is 2.58. The van der Waals surface area contributed by atoms with Gasteiger partial charge in [-0.2, -0.15) is 0 Å². The van der Waals surface area contributed by atoms with E-state index >= 15 is 0 Å². The highest BCUT2D eigenvalue weighted by Gasteiger charge is 2.42. The van der Waals surface area contributed by atoms with E-state index in [2.05, 4.69) is 5.32 Å². The van der Waals surface area contributed by atoms with Crippen LogP contribution in [0.2, 0.25) is 0 Å². The molecule has 1 aromatic carbocycles. The number of carbonyl (C=O) groups excluding carboxylic acids is 2. The van der Waals surface area contributed by atoms with Crippen LogP contribution in [0.3, 0.4) is 0 Å². The first kappa shape index (κ1) is 14.8. The second-order valence-corrected chi connectivity index (χ2v) is 5.87. The van der Waals surface area contributed by atoms with E-state index < -0.39 is 23.6 Å². The molecule has 2 amide bonds. The van der Waals surface area contributed by atoms with Crippen LogP contribution in [-0.4, -0.2) is 31.2 Å². The van der Waals surface area contributed by atoms with Gasteiger partial charge in [-0.25, -0.2) is 9.18 Å². The summed E-state index contributed by atoms with van der Waals surface area (Å²) >= 11 is 0. The highest BCUT2D eigenvalue weighted by molar-refractivity contribution is 5.89. The number of halogens is 1. The summed E-state index contributed by atoms with van der Waals surface area (Å²) in [5.41, 5.74) is 6.37. The maximum Gasteiger partial charge on any atom is 0.414 e. The molecule has 0 aromatic heterocycles. The van der Waals surface area contributed by atoms with Crippen molar-refractivity contribution in [3.63, 3.8) is 0 Å². The van der Waals surface area contributed by atoms with Gasteiger partial charge in [0.2, 0.25) is 5.91 Å². The molecule has 3 rings (SSSR count). The Morgan fingerprint density at radius 2 is 2.27 bits per heavy atom. The number of carbonyl (C=O) groups is 2. The Bertz CT molecular complexity index is 630. The first-order valence-corrected chi connectivity index (χ1v) is 7.20. The lowest BCUT2D eigenvalue weighted by molar-refractivity contribution is -0.119. The van der Waals surface area contributed by atoms with Crippen molar-refractivity contribution >= 4 is 17.7 Å². The van der Waals surface area contributed by atoms with Gasteiger partial charge in [-0.05, 0) is 25.0 Å². The van der Waals surface area contributed by atoms with Gasteiger partial charge in [-0.3, -0.25) is 9.69 Å². The molecule has 1 saturated heterocycles. The lowest BCUT2D eigenvalue weighted by Gasteiger charge is -2.16. The van der Waals surface area contributed by atoms with E-state index in [1.165, 1.54) is 17.9 Å². The smallest absolute Gasteiger partial charge is 0.414 e.